The molecule has 98 valence electrons. The minimum atomic E-state index is 0.370. The monoisotopic (exact) mass is 255 g/mol. The van der Waals surface area contributed by atoms with Gasteiger partial charge in [0, 0.05) is 31.2 Å². The number of nitrogens with zero attached hydrogens (tertiary/aromatic N) is 5. The van der Waals surface area contributed by atoms with E-state index in [-0.39, 0.29) is 0 Å². The van der Waals surface area contributed by atoms with Gasteiger partial charge in [0.15, 0.2) is 5.65 Å². The van der Waals surface area contributed by atoms with Crippen molar-refractivity contribution >= 4 is 5.65 Å². The molecule has 0 amide bonds. The Morgan fingerprint density at radius 1 is 1.21 bits per heavy atom. The Balaban J connectivity index is 2.33. The average molecular weight is 255 g/mol. The van der Waals surface area contributed by atoms with Crippen LogP contribution in [0.2, 0.25) is 0 Å². The van der Waals surface area contributed by atoms with Crippen LogP contribution in [0.25, 0.3) is 16.8 Å². The van der Waals surface area contributed by atoms with E-state index in [9.17, 15) is 0 Å². The highest BCUT2D eigenvalue weighted by molar-refractivity contribution is 5.81. The summed E-state index contributed by atoms with van der Waals surface area (Å²) >= 11 is 0. The molecular formula is C14H17N5. The van der Waals surface area contributed by atoms with Crippen LogP contribution in [0.15, 0.2) is 24.7 Å². The molecule has 0 fully saturated rings. The lowest BCUT2D eigenvalue weighted by atomic mass is 10.0. The summed E-state index contributed by atoms with van der Waals surface area (Å²) in [5.41, 5.74) is 5.16. The molecule has 5 heteroatoms. The van der Waals surface area contributed by atoms with Gasteiger partial charge in [-0.25, -0.2) is 9.50 Å². The summed E-state index contributed by atoms with van der Waals surface area (Å²) in [6.07, 6.45) is 5.77. The van der Waals surface area contributed by atoms with Gasteiger partial charge in [0.05, 0.1) is 17.0 Å². The average Bonchev–Trinajstić information content (AvgIpc) is 2.88. The minimum Gasteiger partial charge on any atom is -0.275 e. The van der Waals surface area contributed by atoms with Crippen LogP contribution in [-0.2, 0) is 7.05 Å². The van der Waals surface area contributed by atoms with Gasteiger partial charge in [-0.3, -0.25) is 4.68 Å². The lowest BCUT2D eigenvalue weighted by molar-refractivity contribution is 0.713. The Hall–Kier alpha value is -2.17. The smallest absolute Gasteiger partial charge is 0.163 e. The highest BCUT2D eigenvalue weighted by Gasteiger charge is 2.20. The zero-order valence-electron chi connectivity index (χ0n) is 11.6. The number of hydrogen-bond donors (Lipinski definition) is 0. The maximum atomic E-state index is 4.57. The van der Waals surface area contributed by atoms with E-state index >= 15 is 0 Å². The van der Waals surface area contributed by atoms with Crippen LogP contribution in [-0.4, -0.2) is 24.4 Å². The Kier molecular flexibility index (Phi) is 2.62. The third-order valence-corrected chi connectivity index (χ3v) is 3.24. The van der Waals surface area contributed by atoms with Crippen LogP contribution < -0.4 is 0 Å². The normalized spacial score (nSPS) is 11.6. The molecule has 0 saturated heterocycles. The number of aromatic nitrogens is 5. The van der Waals surface area contributed by atoms with Gasteiger partial charge in [-0.1, -0.05) is 13.8 Å². The SMILES string of the molecule is Cc1nn2cccnc2c1-c1cn(C)nc1C(C)C. The van der Waals surface area contributed by atoms with E-state index in [1.54, 1.807) is 6.20 Å². The van der Waals surface area contributed by atoms with Crippen LogP contribution >= 0.6 is 0 Å². The zero-order valence-corrected chi connectivity index (χ0v) is 11.6. The first-order valence-corrected chi connectivity index (χ1v) is 6.41. The van der Waals surface area contributed by atoms with Crippen molar-refractivity contribution in [3.8, 4) is 11.1 Å². The fraction of sp³-hybridized carbons (Fsp3) is 0.357. The first-order valence-electron chi connectivity index (χ1n) is 6.41. The maximum absolute atomic E-state index is 4.57. The van der Waals surface area contributed by atoms with Crippen LogP contribution in [0.1, 0.15) is 31.2 Å². The second kappa shape index (κ2) is 4.19. The minimum absolute atomic E-state index is 0.370. The van der Waals surface area contributed by atoms with Crippen molar-refractivity contribution in [1.82, 2.24) is 24.4 Å². The van der Waals surface area contributed by atoms with Crippen molar-refractivity contribution in [2.24, 2.45) is 7.05 Å². The molecule has 0 saturated carbocycles. The molecule has 3 rings (SSSR count). The third kappa shape index (κ3) is 1.82. The van der Waals surface area contributed by atoms with Crippen LogP contribution in [0, 0.1) is 6.92 Å². The summed E-state index contributed by atoms with van der Waals surface area (Å²) in [5.74, 6) is 0.370. The van der Waals surface area contributed by atoms with E-state index in [0.29, 0.717) is 5.92 Å². The van der Waals surface area contributed by atoms with Crippen molar-refractivity contribution in [3.05, 3.63) is 36.0 Å². The lowest BCUT2D eigenvalue weighted by Gasteiger charge is -2.04. The first kappa shape index (κ1) is 11.9. The van der Waals surface area contributed by atoms with Crippen molar-refractivity contribution in [2.45, 2.75) is 26.7 Å². The standard InChI is InChI=1S/C14H17N5/c1-9(2)13-11(8-18(4)17-13)12-10(3)16-19-7-5-6-15-14(12)19/h5-9H,1-4H3. The molecule has 3 heterocycles. The summed E-state index contributed by atoms with van der Waals surface area (Å²) in [6.45, 7) is 6.32. The number of aryl methyl sites for hydroxylation is 2. The molecule has 0 N–H and O–H groups in total. The van der Waals surface area contributed by atoms with Gasteiger partial charge >= 0.3 is 0 Å². The molecule has 19 heavy (non-hydrogen) atoms. The summed E-state index contributed by atoms with van der Waals surface area (Å²) in [5, 5.41) is 9.08. The van der Waals surface area contributed by atoms with Gasteiger partial charge in [0.1, 0.15) is 0 Å². The Bertz CT molecular complexity index is 735. The molecule has 3 aromatic rings. The molecule has 3 aromatic heterocycles. The largest absolute Gasteiger partial charge is 0.275 e. The zero-order chi connectivity index (χ0) is 13.6. The fourth-order valence-corrected chi connectivity index (χ4v) is 2.44. The Morgan fingerprint density at radius 2 is 2.00 bits per heavy atom. The van der Waals surface area contributed by atoms with E-state index in [1.807, 2.05) is 41.6 Å². The molecular weight excluding hydrogens is 238 g/mol. The first-order chi connectivity index (χ1) is 9.08. The van der Waals surface area contributed by atoms with E-state index < -0.39 is 0 Å². The van der Waals surface area contributed by atoms with Crippen molar-refractivity contribution in [3.63, 3.8) is 0 Å². The second-order valence-corrected chi connectivity index (χ2v) is 5.10. The van der Waals surface area contributed by atoms with Gasteiger partial charge < -0.3 is 0 Å². The fourth-order valence-electron chi connectivity index (χ4n) is 2.44. The van der Waals surface area contributed by atoms with Gasteiger partial charge in [0.25, 0.3) is 0 Å². The van der Waals surface area contributed by atoms with E-state index in [4.69, 9.17) is 0 Å². The molecule has 0 unspecified atom stereocenters. The molecule has 0 atom stereocenters. The molecule has 0 spiro atoms. The van der Waals surface area contributed by atoms with Gasteiger partial charge in [-0.15, -0.1) is 0 Å². The van der Waals surface area contributed by atoms with Crippen molar-refractivity contribution in [2.75, 3.05) is 0 Å². The molecule has 0 aliphatic heterocycles. The summed E-state index contributed by atoms with van der Waals surface area (Å²) < 4.78 is 3.68. The summed E-state index contributed by atoms with van der Waals surface area (Å²) in [6, 6.07) is 1.88. The quantitative estimate of drug-likeness (QED) is 0.707. The highest BCUT2D eigenvalue weighted by Crippen LogP contribution is 2.32. The number of fused-ring (bicyclic) bond motifs is 1. The molecule has 0 bridgehead atoms. The van der Waals surface area contributed by atoms with Crippen molar-refractivity contribution < 1.29 is 0 Å². The summed E-state index contributed by atoms with van der Waals surface area (Å²) in [7, 11) is 1.95. The summed E-state index contributed by atoms with van der Waals surface area (Å²) in [4.78, 5) is 4.45. The van der Waals surface area contributed by atoms with E-state index in [0.717, 1.165) is 28.2 Å². The van der Waals surface area contributed by atoms with Crippen LogP contribution in [0.3, 0.4) is 0 Å². The van der Waals surface area contributed by atoms with E-state index in [1.165, 1.54) is 0 Å². The molecule has 0 radical (unpaired) electrons. The van der Waals surface area contributed by atoms with Crippen LogP contribution in [0.4, 0.5) is 0 Å². The molecule has 0 aliphatic carbocycles. The maximum Gasteiger partial charge on any atom is 0.163 e. The predicted molar refractivity (Wildman–Crippen MR) is 74.0 cm³/mol. The second-order valence-electron chi connectivity index (χ2n) is 5.10. The lowest BCUT2D eigenvalue weighted by Crippen LogP contribution is -1.94. The van der Waals surface area contributed by atoms with Gasteiger partial charge in [0.2, 0.25) is 0 Å². The Morgan fingerprint density at radius 3 is 2.74 bits per heavy atom. The van der Waals surface area contributed by atoms with Gasteiger partial charge in [-0.05, 0) is 18.9 Å². The van der Waals surface area contributed by atoms with Gasteiger partial charge in [-0.2, -0.15) is 10.2 Å². The Labute approximate surface area is 111 Å². The van der Waals surface area contributed by atoms with Crippen molar-refractivity contribution in [1.29, 1.82) is 0 Å². The van der Waals surface area contributed by atoms with E-state index in [2.05, 4.69) is 29.0 Å². The topological polar surface area (TPSA) is 48.0 Å². The van der Waals surface area contributed by atoms with Crippen LogP contribution in [0.5, 0.6) is 0 Å². The number of hydrogen-bond acceptors (Lipinski definition) is 3. The predicted octanol–water partition coefficient (Wildman–Crippen LogP) is 2.56. The highest BCUT2D eigenvalue weighted by atomic mass is 15.3. The molecule has 0 aromatic carbocycles. The molecule has 5 nitrogen and oxygen atoms in total. The third-order valence-electron chi connectivity index (χ3n) is 3.24. The molecule has 0 aliphatic rings. The number of rotatable bonds is 2.